The molecular weight excluding hydrogens is 439 g/mol. The summed E-state index contributed by atoms with van der Waals surface area (Å²) in [6.07, 6.45) is 2.95. The molecule has 1 aliphatic heterocycles. The van der Waals surface area contributed by atoms with Crippen LogP contribution in [-0.2, 0) is 34.1 Å². The van der Waals surface area contributed by atoms with Crippen LogP contribution in [0.3, 0.4) is 0 Å². The lowest BCUT2D eigenvalue weighted by Crippen LogP contribution is -3.12. The van der Waals surface area contributed by atoms with Gasteiger partial charge in [-0.2, -0.15) is 0 Å². The average molecular weight is 464 g/mol. The molecule has 1 aromatic carbocycles. The number of thiophene rings is 1. The number of quaternary nitrogens is 1. The molecule has 7 nitrogen and oxygen atoms in total. The molecule has 1 aliphatic carbocycles. The second-order valence-electron chi connectivity index (χ2n) is 8.08. The first-order chi connectivity index (χ1) is 14.9. The van der Waals surface area contributed by atoms with Crippen LogP contribution in [0.15, 0.2) is 23.1 Å². The van der Waals surface area contributed by atoms with Gasteiger partial charge in [-0.1, -0.05) is 0 Å². The molecule has 3 aromatic rings. The normalized spacial score (nSPS) is 17.2. The molecule has 0 saturated carbocycles. The number of benzene rings is 1. The van der Waals surface area contributed by atoms with Crippen LogP contribution in [0.4, 0.5) is 10.2 Å². The van der Waals surface area contributed by atoms with Crippen molar-refractivity contribution in [3.63, 3.8) is 0 Å². The third-order valence-electron chi connectivity index (χ3n) is 5.89. The summed E-state index contributed by atoms with van der Waals surface area (Å²) in [7, 11) is -3.92. The highest BCUT2D eigenvalue weighted by Gasteiger charge is 2.26. The average Bonchev–Trinajstić information content (AvgIpc) is 3.31. The van der Waals surface area contributed by atoms with Gasteiger partial charge in [0, 0.05) is 4.88 Å². The van der Waals surface area contributed by atoms with E-state index in [0.717, 1.165) is 48.1 Å². The van der Waals surface area contributed by atoms with Crippen molar-refractivity contribution in [3.05, 3.63) is 45.8 Å². The van der Waals surface area contributed by atoms with Gasteiger partial charge in [0.2, 0.25) is 0 Å². The number of sulfonamides is 1. The van der Waals surface area contributed by atoms with E-state index >= 15 is 0 Å². The van der Waals surface area contributed by atoms with Crippen molar-refractivity contribution in [1.29, 1.82) is 0 Å². The Balaban J connectivity index is 1.56. The smallest absolute Gasteiger partial charge is 0.263 e. The van der Waals surface area contributed by atoms with E-state index in [4.69, 9.17) is 9.72 Å². The number of ether oxygens (including phenoxy) is 1. The van der Waals surface area contributed by atoms with E-state index in [1.54, 1.807) is 18.3 Å². The molecule has 0 spiro atoms. The van der Waals surface area contributed by atoms with Crippen LogP contribution in [0.25, 0.3) is 10.2 Å². The second-order valence-corrected chi connectivity index (χ2v) is 10.8. The van der Waals surface area contributed by atoms with Gasteiger partial charge in [-0.25, -0.2) is 22.8 Å². The molecule has 0 atom stereocenters. The molecule has 0 amide bonds. The Hall–Kier alpha value is -2.14. The maximum absolute atomic E-state index is 13.7. The van der Waals surface area contributed by atoms with Crippen LogP contribution < -0.4 is 9.62 Å². The van der Waals surface area contributed by atoms with Crippen molar-refractivity contribution in [1.82, 2.24) is 9.97 Å². The number of hydrogen-bond donors (Lipinski definition) is 2. The summed E-state index contributed by atoms with van der Waals surface area (Å²) in [4.78, 5) is 12.9. The molecule has 0 radical (unpaired) electrons. The maximum atomic E-state index is 13.7. The third kappa shape index (κ3) is 4.05. The Morgan fingerprint density at radius 3 is 2.81 bits per heavy atom. The van der Waals surface area contributed by atoms with Gasteiger partial charge in [0.15, 0.2) is 11.6 Å². The molecular formula is C21H24FN4O3S2+. The number of nitrogens with one attached hydrogen (secondary N) is 2. The molecule has 0 bridgehead atoms. The van der Waals surface area contributed by atoms with Crippen LogP contribution in [-0.4, -0.2) is 44.7 Å². The molecule has 1 fully saturated rings. The third-order valence-corrected chi connectivity index (χ3v) is 8.41. The largest absolute Gasteiger partial charge is 0.370 e. The number of hydrogen-bond acceptors (Lipinski definition) is 6. The van der Waals surface area contributed by atoms with E-state index in [1.165, 1.54) is 28.0 Å². The fraction of sp³-hybridized carbons (Fsp3) is 0.429. The van der Waals surface area contributed by atoms with Crippen molar-refractivity contribution < 1.29 is 22.4 Å². The summed E-state index contributed by atoms with van der Waals surface area (Å²) in [5.74, 6) is 0.515. The molecule has 3 heterocycles. The molecule has 2 aliphatic rings. The lowest BCUT2D eigenvalue weighted by Gasteiger charge is -2.23. The van der Waals surface area contributed by atoms with Gasteiger partial charge in [-0.05, 0) is 55.5 Å². The van der Waals surface area contributed by atoms with Crippen LogP contribution in [0.1, 0.15) is 28.2 Å². The predicted octanol–water partition coefficient (Wildman–Crippen LogP) is 1.84. The van der Waals surface area contributed by atoms with Gasteiger partial charge in [-0.3, -0.25) is 4.72 Å². The highest BCUT2D eigenvalue weighted by molar-refractivity contribution is 7.92. The fourth-order valence-electron chi connectivity index (χ4n) is 4.22. The molecule has 5 rings (SSSR count). The maximum Gasteiger partial charge on any atom is 0.263 e. The lowest BCUT2D eigenvalue weighted by atomic mass is 10.2. The zero-order chi connectivity index (χ0) is 21.6. The number of nitrogens with zero attached hydrogens (tertiary/aromatic N) is 2. The molecule has 2 aromatic heterocycles. The van der Waals surface area contributed by atoms with Gasteiger partial charge < -0.3 is 9.64 Å². The number of morpholine rings is 1. The topological polar surface area (TPSA) is 85.6 Å². The summed E-state index contributed by atoms with van der Waals surface area (Å²) in [6.45, 7) is 5.32. The Morgan fingerprint density at radius 2 is 2.03 bits per heavy atom. The van der Waals surface area contributed by atoms with Crippen LogP contribution >= 0.6 is 11.3 Å². The molecule has 10 heteroatoms. The highest BCUT2D eigenvalue weighted by Crippen LogP contribution is 2.40. The summed E-state index contributed by atoms with van der Waals surface area (Å²) in [5, 5.41) is 0.806. The Kier molecular flexibility index (Phi) is 5.41. The molecule has 2 N–H and O–H groups in total. The number of rotatable bonds is 5. The van der Waals surface area contributed by atoms with Crippen molar-refractivity contribution in [2.45, 2.75) is 37.6 Å². The molecule has 1 saturated heterocycles. The van der Waals surface area contributed by atoms with Crippen molar-refractivity contribution in [3.8, 4) is 0 Å². The number of aromatic nitrogens is 2. The summed E-state index contributed by atoms with van der Waals surface area (Å²) in [5.41, 5.74) is 1.43. The van der Waals surface area contributed by atoms with E-state index < -0.39 is 15.8 Å². The van der Waals surface area contributed by atoms with Crippen LogP contribution in [0.2, 0.25) is 0 Å². The van der Waals surface area contributed by atoms with E-state index in [0.29, 0.717) is 31.4 Å². The van der Waals surface area contributed by atoms with Gasteiger partial charge in [0.05, 0.1) is 23.5 Å². The monoisotopic (exact) mass is 463 g/mol. The molecule has 164 valence electrons. The van der Waals surface area contributed by atoms with E-state index in [9.17, 15) is 12.8 Å². The number of aryl methyl sites for hydroxylation is 3. The summed E-state index contributed by atoms with van der Waals surface area (Å²) >= 11 is 1.63. The van der Waals surface area contributed by atoms with Crippen LogP contribution in [0.5, 0.6) is 0 Å². The minimum Gasteiger partial charge on any atom is -0.370 e. The fourth-order valence-corrected chi connectivity index (χ4v) is 6.60. The standard InChI is InChI=1S/C21H23FN4O3S2/c1-13-11-14(5-6-16(13)22)31(27,28)25-20-19-15-3-2-4-17(15)30-21(19)24-18(23-20)12-26-7-9-29-10-8-26/h5-6,11H,2-4,7-10,12H2,1H3,(H,23,24,25)/p+1. The minimum absolute atomic E-state index is 0.0189. The zero-order valence-electron chi connectivity index (χ0n) is 17.2. The first-order valence-electron chi connectivity index (χ1n) is 10.4. The lowest BCUT2D eigenvalue weighted by molar-refractivity contribution is -0.922. The van der Waals surface area contributed by atoms with Gasteiger partial charge in [0.1, 0.15) is 30.3 Å². The van der Waals surface area contributed by atoms with E-state index in [-0.39, 0.29) is 10.5 Å². The van der Waals surface area contributed by atoms with Gasteiger partial charge >= 0.3 is 0 Å². The highest BCUT2D eigenvalue weighted by atomic mass is 32.2. The van der Waals surface area contributed by atoms with E-state index in [2.05, 4.69) is 9.71 Å². The van der Waals surface area contributed by atoms with Crippen molar-refractivity contribution in [2.24, 2.45) is 0 Å². The Labute approximate surface area is 184 Å². The Bertz CT molecular complexity index is 1250. The number of fused-ring (bicyclic) bond motifs is 3. The zero-order valence-corrected chi connectivity index (χ0v) is 18.8. The Morgan fingerprint density at radius 1 is 1.23 bits per heavy atom. The van der Waals surface area contributed by atoms with Gasteiger partial charge in [0.25, 0.3) is 10.0 Å². The quantitative estimate of drug-likeness (QED) is 0.603. The molecule has 31 heavy (non-hydrogen) atoms. The second kappa shape index (κ2) is 8.09. The van der Waals surface area contributed by atoms with Gasteiger partial charge in [-0.15, -0.1) is 11.3 Å². The van der Waals surface area contributed by atoms with Crippen molar-refractivity contribution in [2.75, 3.05) is 31.0 Å². The van der Waals surface area contributed by atoms with Crippen molar-refractivity contribution >= 4 is 37.4 Å². The predicted molar refractivity (Wildman–Crippen MR) is 117 cm³/mol. The number of halogens is 1. The SMILES string of the molecule is Cc1cc(S(=O)(=O)Nc2nc(C[NH+]3CCOCC3)nc3sc4c(c23)CCC4)ccc1F. The molecule has 0 unspecified atom stereocenters. The van der Waals surface area contributed by atoms with Crippen LogP contribution in [0, 0.1) is 12.7 Å². The summed E-state index contributed by atoms with van der Waals surface area (Å²) < 4.78 is 48.0. The van der Waals surface area contributed by atoms with E-state index in [1.807, 2.05) is 0 Å². The summed E-state index contributed by atoms with van der Waals surface area (Å²) in [6, 6.07) is 3.79. The number of anilines is 1. The first-order valence-corrected chi connectivity index (χ1v) is 12.7. The first kappa shape index (κ1) is 20.7. The minimum atomic E-state index is -3.92.